The van der Waals surface area contributed by atoms with Crippen molar-refractivity contribution in [1.29, 1.82) is 0 Å². The average Bonchev–Trinajstić information content (AvgIpc) is 3.51. The zero-order chi connectivity index (χ0) is 25.2. The summed E-state index contributed by atoms with van der Waals surface area (Å²) in [6, 6.07) is 15.8. The lowest BCUT2D eigenvalue weighted by Gasteiger charge is -2.43. The topological polar surface area (TPSA) is 12.5 Å². The largest absolute Gasteiger partial charge is 0.485 e. The summed E-state index contributed by atoms with van der Waals surface area (Å²) < 4.78 is 7.74. The van der Waals surface area contributed by atoms with Crippen LogP contribution >= 0.6 is 11.3 Å². The molecule has 0 amide bonds. The third-order valence-corrected chi connectivity index (χ3v) is 10.0. The van der Waals surface area contributed by atoms with Crippen molar-refractivity contribution in [3.05, 3.63) is 124 Å². The third-order valence-electron chi connectivity index (χ3n) is 8.84. The summed E-state index contributed by atoms with van der Waals surface area (Å²) >= 11 is 1.95. The van der Waals surface area contributed by atoms with Crippen molar-refractivity contribution in [2.24, 2.45) is 5.92 Å². The maximum atomic E-state index is 6.33. The Labute approximate surface area is 228 Å². The maximum Gasteiger partial charge on any atom is 0.128 e. The van der Waals surface area contributed by atoms with E-state index in [2.05, 4.69) is 103 Å². The first kappa shape index (κ1) is 22.4. The van der Waals surface area contributed by atoms with Gasteiger partial charge in [0.2, 0.25) is 0 Å². The van der Waals surface area contributed by atoms with E-state index in [4.69, 9.17) is 4.74 Å². The molecule has 0 saturated heterocycles. The first-order valence-electron chi connectivity index (χ1n) is 14.0. The monoisotopic (exact) mass is 513 g/mol. The van der Waals surface area contributed by atoms with Crippen molar-refractivity contribution in [2.75, 3.05) is 0 Å². The van der Waals surface area contributed by atoms with Crippen molar-refractivity contribution in [3.8, 4) is 5.75 Å². The number of allylic oxidation sites excluding steroid dienone is 6. The molecule has 5 aliphatic rings. The Kier molecular flexibility index (Phi) is 5.16. The highest BCUT2D eigenvalue weighted by atomic mass is 32.1. The molecule has 0 spiro atoms. The lowest BCUT2D eigenvalue weighted by Crippen LogP contribution is -2.41. The zero-order valence-electron chi connectivity index (χ0n) is 21.7. The number of benzene rings is 2. The second-order valence-electron chi connectivity index (χ2n) is 11.1. The van der Waals surface area contributed by atoms with Gasteiger partial charge in [-0.3, -0.25) is 0 Å². The molecule has 0 radical (unpaired) electrons. The minimum absolute atomic E-state index is 0.130. The molecular weight excluding hydrogens is 482 g/mol. The summed E-state index contributed by atoms with van der Waals surface area (Å²) in [5, 5.41) is 1.45. The Bertz CT molecular complexity index is 1660. The lowest BCUT2D eigenvalue weighted by molar-refractivity contribution is 0.263. The quantitative estimate of drug-likeness (QED) is 0.347. The molecule has 0 fully saturated rings. The number of ether oxygens (including phenoxy) is 1. The van der Waals surface area contributed by atoms with Gasteiger partial charge in [-0.2, -0.15) is 0 Å². The smallest absolute Gasteiger partial charge is 0.128 e. The summed E-state index contributed by atoms with van der Waals surface area (Å²) in [5.41, 5.74) is 9.71. The van der Waals surface area contributed by atoms with Crippen LogP contribution in [0.5, 0.6) is 5.75 Å². The van der Waals surface area contributed by atoms with Crippen molar-refractivity contribution < 1.29 is 4.74 Å². The van der Waals surface area contributed by atoms with Gasteiger partial charge in [-0.15, -0.1) is 11.3 Å². The molecule has 3 unspecified atom stereocenters. The van der Waals surface area contributed by atoms with Gasteiger partial charge in [-0.1, -0.05) is 72.4 Å². The Morgan fingerprint density at radius 1 is 1.05 bits per heavy atom. The summed E-state index contributed by atoms with van der Waals surface area (Å²) in [6.07, 6.45) is 24.7. The van der Waals surface area contributed by atoms with Gasteiger partial charge in [-0.25, -0.2) is 0 Å². The molecule has 2 nitrogen and oxygen atoms in total. The minimum atomic E-state index is 0.130. The molecule has 1 aliphatic heterocycles. The molecule has 3 aromatic rings. The highest BCUT2D eigenvalue weighted by molar-refractivity contribution is 7.20. The molecule has 3 heteroatoms. The van der Waals surface area contributed by atoms with Gasteiger partial charge in [0.15, 0.2) is 0 Å². The number of rotatable bonds is 3. The van der Waals surface area contributed by atoms with Crippen LogP contribution in [-0.2, 0) is 6.42 Å². The van der Waals surface area contributed by atoms with Crippen LogP contribution in [0.2, 0.25) is 0 Å². The predicted molar refractivity (Wildman–Crippen MR) is 159 cm³/mol. The Hall–Kier alpha value is -3.56. The van der Waals surface area contributed by atoms with Crippen LogP contribution in [0.15, 0.2) is 102 Å². The van der Waals surface area contributed by atoms with E-state index >= 15 is 0 Å². The Morgan fingerprint density at radius 2 is 2.00 bits per heavy atom. The van der Waals surface area contributed by atoms with Gasteiger partial charge >= 0.3 is 0 Å². The predicted octanol–water partition coefficient (Wildman–Crippen LogP) is 8.76. The van der Waals surface area contributed by atoms with Crippen LogP contribution < -0.4 is 4.74 Å². The zero-order valence-corrected chi connectivity index (χ0v) is 22.5. The van der Waals surface area contributed by atoms with Gasteiger partial charge in [0, 0.05) is 44.4 Å². The fraction of sp³-hybridized carbons (Fsp3) is 0.257. The molecule has 3 atom stereocenters. The Morgan fingerprint density at radius 3 is 2.97 bits per heavy atom. The highest BCUT2D eigenvalue weighted by Gasteiger charge is 2.37. The van der Waals surface area contributed by atoms with Crippen LogP contribution in [0.3, 0.4) is 0 Å². The lowest BCUT2D eigenvalue weighted by atomic mass is 9.79. The van der Waals surface area contributed by atoms with Crippen LogP contribution in [-0.4, -0.2) is 17.0 Å². The highest BCUT2D eigenvalue weighted by Crippen LogP contribution is 2.46. The number of nitrogens with zero attached hydrogens (tertiary/aromatic N) is 1. The van der Waals surface area contributed by atoms with Crippen molar-refractivity contribution in [2.45, 2.75) is 51.2 Å². The van der Waals surface area contributed by atoms with Crippen LogP contribution in [0, 0.1) is 12.8 Å². The van der Waals surface area contributed by atoms with E-state index in [1.165, 1.54) is 60.6 Å². The average molecular weight is 514 g/mol. The molecular formula is C35H31NOS. The number of fused-ring (bicyclic) bond motifs is 7. The SMILES string of the molecule is Cc1ccc2sc3c(c2c1)CCC(N(C1=CCC2Oc4ccccc4C2=C1)C1C=CC=C2C=CCCC21)=C3. The Balaban J connectivity index is 1.25. The van der Waals surface area contributed by atoms with E-state index < -0.39 is 0 Å². The van der Waals surface area contributed by atoms with E-state index in [1.54, 1.807) is 0 Å². The summed E-state index contributed by atoms with van der Waals surface area (Å²) in [5.74, 6) is 1.54. The van der Waals surface area contributed by atoms with Gasteiger partial charge in [0.05, 0.1) is 6.04 Å². The van der Waals surface area contributed by atoms with Crippen molar-refractivity contribution in [3.63, 3.8) is 0 Å². The van der Waals surface area contributed by atoms with Crippen molar-refractivity contribution in [1.82, 2.24) is 4.90 Å². The minimum Gasteiger partial charge on any atom is -0.485 e. The number of hydrogen-bond acceptors (Lipinski definition) is 3. The molecule has 8 rings (SSSR count). The van der Waals surface area contributed by atoms with E-state index in [9.17, 15) is 0 Å². The van der Waals surface area contributed by atoms with E-state index in [-0.39, 0.29) is 6.10 Å². The van der Waals surface area contributed by atoms with Crippen LogP contribution in [0.25, 0.3) is 21.7 Å². The molecule has 38 heavy (non-hydrogen) atoms. The molecule has 2 aromatic carbocycles. The van der Waals surface area contributed by atoms with Gasteiger partial charge < -0.3 is 9.64 Å². The molecule has 1 aromatic heterocycles. The second kappa shape index (κ2) is 8.74. The number of thiophene rings is 1. The summed E-state index contributed by atoms with van der Waals surface area (Å²) in [4.78, 5) is 4.13. The third kappa shape index (κ3) is 3.52. The van der Waals surface area contributed by atoms with E-state index in [0.29, 0.717) is 12.0 Å². The molecule has 2 heterocycles. The summed E-state index contributed by atoms with van der Waals surface area (Å²) in [6.45, 7) is 2.20. The standard InChI is InChI=1S/C35H31NOS/c1-22-13-18-34-30(19-22)28-16-14-25(21-35(28)38-34)36(31-11-6-8-23-7-2-3-9-26(23)31)24-15-17-33-29(20-24)27-10-4-5-12-32(27)37-33/h2,4-8,10-13,15,18-21,26,31,33H,3,9,14,16-17H2,1H3. The number of hydrogen-bond donors (Lipinski definition) is 0. The second-order valence-corrected chi connectivity index (χ2v) is 12.2. The first-order valence-corrected chi connectivity index (χ1v) is 14.8. The van der Waals surface area contributed by atoms with Crippen LogP contribution in [0.1, 0.15) is 47.3 Å². The van der Waals surface area contributed by atoms with Crippen molar-refractivity contribution >= 4 is 33.1 Å². The number of para-hydroxylation sites is 1. The van der Waals surface area contributed by atoms with E-state index in [1.807, 2.05) is 11.3 Å². The molecule has 0 saturated carbocycles. The fourth-order valence-corrected chi connectivity index (χ4v) is 8.22. The summed E-state index contributed by atoms with van der Waals surface area (Å²) in [7, 11) is 0. The molecule has 4 aliphatic carbocycles. The number of aryl methyl sites for hydroxylation is 2. The first-order chi connectivity index (χ1) is 18.7. The molecule has 0 bridgehead atoms. The van der Waals surface area contributed by atoms with Gasteiger partial charge in [0.1, 0.15) is 11.9 Å². The molecule has 0 N–H and O–H groups in total. The maximum absolute atomic E-state index is 6.33. The van der Waals surface area contributed by atoms with Gasteiger partial charge in [-0.05, 0) is 73.4 Å². The van der Waals surface area contributed by atoms with E-state index in [0.717, 1.165) is 31.4 Å². The van der Waals surface area contributed by atoms with Gasteiger partial charge in [0.25, 0.3) is 0 Å². The van der Waals surface area contributed by atoms with Crippen LogP contribution in [0.4, 0.5) is 0 Å². The normalized spacial score (nSPS) is 24.8. The fourth-order valence-electron chi connectivity index (χ4n) is 7.02. The molecule has 188 valence electrons.